The molecule has 8 nitrogen and oxygen atoms in total. The Labute approximate surface area is 132 Å². The standard InChI is InChI=1S/C15H19NO7/c17-5-10-11(19)12(20)13(21)14(22-10)23-15(7-18)6-16-9-4-2-1-3-8(9)15/h1-4,6,10-14,17-21H,5,7H2/t10-,11-,12+,13-,14?,15?/m1/s1. The second kappa shape index (κ2) is 6.25. The smallest absolute Gasteiger partial charge is 0.188 e. The molecule has 2 aliphatic heterocycles. The highest BCUT2D eigenvalue weighted by Gasteiger charge is 2.48. The van der Waals surface area contributed by atoms with Crippen LogP contribution in [0.25, 0.3) is 0 Å². The zero-order valence-corrected chi connectivity index (χ0v) is 12.2. The molecule has 0 aliphatic carbocycles. The van der Waals surface area contributed by atoms with Gasteiger partial charge >= 0.3 is 0 Å². The summed E-state index contributed by atoms with van der Waals surface area (Å²) >= 11 is 0. The lowest BCUT2D eigenvalue weighted by Crippen LogP contribution is -2.60. The van der Waals surface area contributed by atoms with Crippen molar-refractivity contribution >= 4 is 11.9 Å². The topological polar surface area (TPSA) is 132 Å². The van der Waals surface area contributed by atoms with Gasteiger partial charge in [0.25, 0.3) is 0 Å². The molecule has 2 unspecified atom stereocenters. The van der Waals surface area contributed by atoms with E-state index in [1.165, 1.54) is 6.21 Å². The average molecular weight is 325 g/mol. The summed E-state index contributed by atoms with van der Waals surface area (Å²) in [6.07, 6.45) is -5.59. The molecule has 1 saturated heterocycles. The third-order valence-electron chi connectivity index (χ3n) is 4.18. The molecule has 0 aromatic heterocycles. The normalized spacial score (nSPS) is 39.4. The Balaban J connectivity index is 1.87. The van der Waals surface area contributed by atoms with Gasteiger partial charge in [-0.2, -0.15) is 0 Å². The minimum Gasteiger partial charge on any atom is -0.394 e. The van der Waals surface area contributed by atoms with Crippen LogP contribution < -0.4 is 0 Å². The number of aliphatic imine (C=N–C) groups is 1. The van der Waals surface area contributed by atoms with Gasteiger partial charge in [-0.15, -0.1) is 0 Å². The van der Waals surface area contributed by atoms with Gasteiger partial charge in [0.2, 0.25) is 0 Å². The van der Waals surface area contributed by atoms with Crippen LogP contribution in [0.5, 0.6) is 0 Å². The highest BCUT2D eigenvalue weighted by Crippen LogP contribution is 2.39. The molecule has 0 spiro atoms. The van der Waals surface area contributed by atoms with Crippen molar-refractivity contribution in [2.75, 3.05) is 13.2 Å². The summed E-state index contributed by atoms with van der Waals surface area (Å²) in [6, 6.07) is 7.02. The molecule has 0 amide bonds. The van der Waals surface area contributed by atoms with Crippen LogP contribution in [-0.4, -0.2) is 75.7 Å². The molecule has 3 rings (SSSR count). The molecule has 1 aromatic carbocycles. The van der Waals surface area contributed by atoms with Gasteiger partial charge in [0.05, 0.1) is 18.9 Å². The van der Waals surface area contributed by atoms with E-state index in [-0.39, 0.29) is 0 Å². The Morgan fingerprint density at radius 2 is 1.83 bits per heavy atom. The van der Waals surface area contributed by atoms with Gasteiger partial charge in [-0.1, -0.05) is 18.2 Å². The number of hydrogen-bond donors (Lipinski definition) is 5. The van der Waals surface area contributed by atoms with Crippen LogP contribution in [0.3, 0.4) is 0 Å². The first kappa shape index (κ1) is 16.5. The van der Waals surface area contributed by atoms with E-state index in [4.69, 9.17) is 9.47 Å². The number of benzene rings is 1. The van der Waals surface area contributed by atoms with Gasteiger partial charge in [-0.05, 0) is 6.07 Å². The molecule has 0 bridgehead atoms. The summed E-state index contributed by atoms with van der Waals surface area (Å²) in [6.45, 7) is -1.01. The molecule has 1 fully saturated rings. The molecule has 2 aliphatic rings. The molecule has 126 valence electrons. The van der Waals surface area contributed by atoms with E-state index in [9.17, 15) is 25.5 Å². The molecule has 0 saturated carbocycles. The van der Waals surface area contributed by atoms with Crippen molar-refractivity contribution in [3.63, 3.8) is 0 Å². The number of aliphatic hydroxyl groups excluding tert-OH is 5. The van der Waals surface area contributed by atoms with E-state index in [1.54, 1.807) is 24.3 Å². The SMILES string of the molecule is OC[C@H]1OC(OC2(CO)C=Nc3ccccc32)[C@H](O)[C@@H](O)[C@@H]1O. The van der Waals surface area contributed by atoms with Crippen molar-refractivity contribution in [1.82, 2.24) is 0 Å². The van der Waals surface area contributed by atoms with E-state index in [2.05, 4.69) is 4.99 Å². The van der Waals surface area contributed by atoms with Gasteiger partial charge in [-0.3, -0.25) is 4.99 Å². The summed E-state index contributed by atoms with van der Waals surface area (Å²) in [4.78, 5) is 4.18. The number of rotatable bonds is 4. The fourth-order valence-electron chi connectivity index (χ4n) is 2.82. The maximum absolute atomic E-state index is 10.1. The molecule has 23 heavy (non-hydrogen) atoms. The van der Waals surface area contributed by atoms with Gasteiger partial charge in [0.1, 0.15) is 24.4 Å². The first-order valence-electron chi connectivity index (χ1n) is 7.26. The van der Waals surface area contributed by atoms with E-state index in [0.29, 0.717) is 11.3 Å². The highest BCUT2D eigenvalue weighted by atomic mass is 16.7. The van der Waals surface area contributed by atoms with Gasteiger partial charge in [0, 0.05) is 11.8 Å². The predicted molar refractivity (Wildman–Crippen MR) is 78.2 cm³/mol. The van der Waals surface area contributed by atoms with Crippen LogP contribution in [-0.2, 0) is 15.1 Å². The Hall–Kier alpha value is -1.39. The van der Waals surface area contributed by atoms with E-state index in [1.807, 2.05) is 0 Å². The monoisotopic (exact) mass is 325 g/mol. The second-order valence-electron chi connectivity index (χ2n) is 5.64. The molecule has 0 radical (unpaired) electrons. The Morgan fingerprint density at radius 3 is 2.52 bits per heavy atom. The number of ether oxygens (including phenoxy) is 2. The van der Waals surface area contributed by atoms with Crippen LogP contribution in [0.15, 0.2) is 29.3 Å². The lowest BCUT2D eigenvalue weighted by molar-refractivity contribution is -0.322. The highest BCUT2D eigenvalue weighted by molar-refractivity contribution is 5.83. The molecule has 8 heteroatoms. The minimum atomic E-state index is -1.55. The quantitative estimate of drug-likeness (QED) is 0.451. The Bertz CT molecular complexity index is 593. The Kier molecular flexibility index (Phi) is 4.47. The van der Waals surface area contributed by atoms with Crippen molar-refractivity contribution in [3.05, 3.63) is 29.8 Å². The van der Waals surface area contributed by atoms with Crippen molar-refractivity contribution in [3.8, 4) is 0 Å². The number of hydrogen-bond acceptors (Lipinski definition) is 8. The molecule has 5 N–H and O–H groups in total. The number of aliphatic hydroxyl groups is 5. The van der Waals surface area contributed by atoms with Gasteiger partial charge < -0.3 is 35.0 Å². The van der Waals surface area contributed by atoms with Gasteiger partial charge in [0.15, 0.2) is 11.9 Å². The van der Waals surface area contributed by atoms with Crippen molar-refractivity contribution in [1.29, 1.82) is 0 Å². The fourth-order valence-corrected chi connectivity index (χ4v) is 2.82. The third kappa shape index (κ3) is 2.68. The summed E-state index contributed by atoms with van der Waals surface area (Å²) in [7, 11) is 0. The van der Waals surface area contributed by atoms with Gasteiger partial charge in [-0.25, -0.2) is 0 Å². The third-order valence-corrected chi connectivity index (χ3v) is 4.18. The maximum atomic E-state index is 10.1. The molecular formula is C15H19NO7. The lowest BCUT2D eigenvalue weighted by atomic mass is 9.95. The molecular weight excluding hydrogens is 306 g/mol. The van der Waals surface area contributed by atoms with Crippen LogP contribution in [0, 0.1) is 0 Å². The zero-order valence-electron chi connectivity index (χ0n) is 12.2. The van der Waals surface area contributed by atoms with E-state index in [0.717, 1.165) is 0 Å². The Morgan fingerprint density at radius 1 is 1.09 bits per heavy atom. The average Bonchev–Trinajstić information content (AvgIpc) is 2.95. The zero-order chi connectivity index (χ0) is 16.6. The number of nitrogens with zero attached hydrogens (tertiary/aromatic N) is 1. The lowest BCUT2D eigenvalue weighted by Gasteiger charge is -2.42. The maximum Gasteiger partial charge on any atom is 0.188 e. The van der Waals surface area contributed by atoms with Crippen LogP contribution >= 0.6 is 0 Å². The van der Waals surface area contributed by atoms with Crippen molar-refractivity contribution in [2.24, 2.45) is 4.99 Å². The summed E-state index contributed by atoms with van der Waals surface area (Å²) in [5, 5.41) is 48.7. The molecule has 6 atom stereocenters. The predicted octanol–water partition coefficient (Wildman–Crippen LogP) is -1.59. The van der Waals surface area contributed by atoms with Crippen molar-refractivity contribution in [2.45, 2.75) is 36.3 Å². The number of fused-ring (bicyclic) bond motifs is 1. The largest absolute Gasteiger partial charge is 0.394 e. The number of para-hydroxylation sites is 1. The van der Waals surface area contributed by atoms with Crippen LogP contribution in [0.2, 0.25) is 0 Å². The summed E-state index contributed by atoms with van der Waals surface area (Å²) in [5.41, 5.74) is -0.116. The minimum absolute atomic E-state index is 0.456. The first-order chi connectivity index (χ1) is 11.0. The van der Waals surface area contributed by atoms with E-state index >= 15 is 0 Å². The second-order valence-corrected chi connectivity index (χ2v) is 5.64. The molecule has 1 aromatic rings. The fraction of sp³-hybridized carbons (Fsp3) is 0.533. The summed E-state index contributed by atoms with van der Waals surface area (Å²) in [5.74, 6) is 0. The summed E-state index contributed by atoms with van der Waals surface area (Å²) < 4.78 is 11.1. The van der Waals surface area contributed by atoms with Crippen LogP contribution in [0.1, 0.15) is 5.56 Å². The van der Waals surface area contributed by atoms with Crippen LogP contribution in [0.4, 0.5) is 5.69 Å². The van der Waals surface area contributed by atoms with Crippen molar-refractivity contribution < 1.29 is 35.0 Å². The molecule has 2 heterocycles. The first-order valence-corrected chi connectivity index (χ1v) is 7.26. The van der Waals surface area contributed by atoms with E-state index < -0.39 is 49.5 Å².